The summed E-state index contributed by atoms with van der Waals surface area (Å²) >= 11 is 0. The zero-order chi connectivity index (χ0) is 15.1. The number of carbonyl (C=O) groups is 2. The molecule has 1 aromatic rings. The fourth-order valence-electron chi connectivity index (χ4n) is 1.64. The summed E-state index contributed by atoms with van der Waals surface area (Å²) in [5, 5.41) is 0. The van der Waals surface area contributed by atoms with Crippen LogP contribution in [0.25, 0.3) is 0 Å². The summed E-state index contributed by atoms with van der Waals surface area (Å²) in [7, 11) is 4.09. The van der Waals surface area contributed by atoms with Crippen molar-refractivity contribution in [1.82, 2.24) is 0 Å². The summed E-state index contributed by atoms with van der Waals surface area (Å²) in [5.41, 5.74) is 0.435. The van der Waals surface area contributed by atoms with E-state index in [1.54, 1.807) is 7.11 Å². The van der Waals surface area contributed by atoms with E-state index < -0.39 is 11.9 Å². The first-order chi connectivity index (χ1) is 9.51. The van der Waals surface area contributed by atoms with E-state index in [0.29, 0.717) is 12.4 Å². The van der Waals surface area contributed by atoms with Crippen molar-refractivity contribution in [2.24, 2.45) is 0 Å². The van der Waals surface area contributed by atoms with Crippen LogP contribution in [0.1, 0.15) is 27.6 Å². The van der Waals surface area contributed by atoms with Crippen molar-refractivity contribution < 1.29 is 28.5 Å². The van der Waals surface area contributed by atoms with E-state index in [9.17, 15) is 9.59 Å². The van der Waals surface area contributed by atoms with E-state index in [2.05, 4.69) is 9.47 Å². The Morgan fingerprint density at radius 3 is 1.90 bits per heavy atom. The Morgan fingerprint density at radius 2 is 1.50 bits per heavy atom. The predicted molar refractivity (Wildman–Crippen MR) is 71.1 cm³/mol. The number of hydrogen-bond donors (Lipinski definition) is 0. The zero-order valence-electron chi connectivity index (χ0n) is 12.0. The third kappa shape index (κ3) is 4.24. The number of methoxy groups -OCH3 is 3. The molecule has 0 amide bonds. The normalized spacial score (nSPS) is 11.6. The molecule has 6 heteroatoms. The standard InChI is InChI=1S/C14H18O6/c1-9(8-17-2)20-12-6-10(13(15)18-3)5-11(7-12)14(16)19-4/h5-7,9H,8H2,1-4H3/t9-/m0/s1. The van der Waals surface area contributed by atoms with E-state index in [1.807, 2.05) is 6.92 Å². The minimum Gasteiger partial charge on any atom is -0.488 e. The first-order valence-electron chi connectivity index (χ1n) is 5.99. The number of rotatable bonds is 6. The van der Waals surface area contributed by atoms with Crippen LogP contribution in [0.3, 0.4) is 0 Å². The number of ether oxygens (including phenoxy) is 4. The molecule has 0 saturated carbocycles. The largest absolute Gasteiger partial charge is 0.488 e. The second kappa shape index (κ2) is 7.49. The first kappa shape index (κ1) is 16.0. The maximum atomic E-state index is 11.6. The highest BCUT2D eigenvalue weighted by molar-refractivity contribution is 5.96. The van der Waals surface area contributed by atoms with E-state index in [1.165, 1.54) is 32.4 Å². The van der Waals surface area contributed by atoms with Crippen molar-refractivity contribution in [1.29, 1.82) is 0 Å². The molecule has 1 atom stereocenters. The predicted octanol–water partition coefficient (Wildman–Crippen LogP) is 1.67. The summed E-state index contributed by atoms with van der Waals surface area (Å²) in [4.78, 5) is 23.2. The fraction of sp³-hybridized carbons (Fsp3) is 0.429. The van der Waals surface area contributed by atoms with Gasteiger partial charge in [0.05, 0.1) is 32.0 Å². The van der Waals surface area contributed by atoms with Gasteiger partial charge in [-0.25, -0.2) is 9.59 Å². The van der Waals surface area contributed by atoms with Crippen molar-refractivity contribution in [2.75, 3.05) is 27.9 Å². The Hall–Kier alpha value is -2.08. The Morgan fingerprint density at radius 1 is 1.00 bits per heavy atom. The van der Waals surface area contributed by atoms with Gasteiger partial charge in [0.15, 0.2) is 0 Å². The summed E-state index contributed by atoms with van der Waals surface area (Å²) in [6.07, 6.45) is -0.224. The fourth-order valence-corrected chi connectivity index (χ4v) is 1.64. The van der Waals surface area contributed by atoms with E-state index in [4.69, 9.17) is 9.47 Å². The number of hydrogen-bond acceptors (Lipinski definition) is 6. The minimum absolute atomic E-state index is 0.218. The van der Waals surface area contributed by atoms with Crippen LogP contribution in [0.15, 0.2) is 18.2 Å². The molecule has 20 heavy (non-hydrogen) atoms. The Balaban J connectivity index is 3.09. The molecule has 0 bridgehead atoms. The lowest BCUT2D eigenvalue weighted by Crippen LogP contribution is -2.18. The molecule has 1 rings (SSSR count). The topological polar surface area (TPSA) is 71.1 Å². The average molecular weight is 282 g/mol. The van der Waals surface area contributed by atoms with E-state index >= 15 is 0 Å². The highest BCUT2D eigenvalue weighted by Crippen LogP contribution is 2.20. The van der Waals surface area contributed by atoms with Crippen LogP contribution >= 0.6 is 0 Å². The molecule has 0 spiro atoms. The lowest BCUT2D eigenvalue weighted by Gasteiger charge is -2.15. The SMILES string of the molecule is COC[C@H](C)Oc1cc(C(=O)OC)cc(C(=O)OC)c1. The third-order valence-corrected chi connectivity index (χ3v) is 2.49. The van der Waals surface area contributed by atoms with Crippen molar-refractivity contribution in [2.45, 2.75) is 13.0 Å². The van der Waals surface area contributed by atoms with Crippen LogP contribution in [-0.2, 0) is 14.2 Å². The van der Waals surface area contributed by atoms with Crippen LogP contribution in [0.4, 0.5) is 0 Å². The molecule has 1 aromatic carbocycles. The van der Waals surface area contributed by atoms with Crippen LogP contribution in [0.5, 0.6) is 5.75 Å². The van der Waals surface area contributed by atoms with Gasteiger partial charge >= 0.3 is 11.9 Å². The minimum atomic E-state index is -0.556. The van der Waals surface area contributed by atoms with Crippen LogP contribution < -0.4 is 4.74 Å². The summed E-state index contributed by atoms with van der Waals surface area (Å²) in [5.74, 6) is -0.738. The van der Waals surface area contributed by atoms with Gasteiger partial charge in [-0.15, -0.1) is 0 Å². The molecule has 0 saturated heterocycles. The molecule has 0 fully saturated rings. The smallest absolute Gasteiger partial charge is 0.338 e. The lowest BCUT2D eigenvalue weighted by atomic mass is 10.1. The monoisotopic (exact) mass is 282 g/mol. The Labute approximate surface area is 117 Å². The van der Waals surface area contributed by atoms with Crippen LogP contribution in [0.2, 0.25) is 0 Å². The third-order valence-electron chi connectivity index (χ3n) is 2.49. The maximum Gasteiger partial charge on any atom is 0.338 e. The number of benzene rings is 1. The Bertz CT molecular complexity index is 448. The molecule has 0 unspecified atom stereocenters. The summed E-state index contributed by atoms with van der Waals surface area (Å²) < 4.78 is 19.8. The van der Waals surface area contributed by atoms with Crippen molar-refractivity contribution in [3.8, 4) is 5.75 Å². The van der Waals surface area contributed by atoms with Gasteiger partial charge in [0.25, 0.3) is 0 Å². The van der Waals surface area contributed by atoms with E-state index in [0.717, 1.165) is 0 Å². The molecule has 0 aliphatic rings. The molecule has 0 heterocycles. The molecular weight excluding hydrogens is 264 g/mol. The Kier molecular flexibility index (Phi) is 5.99. The van der Waals surface area contributed by atoms with Gasteiger partial charge in [-0.1, -0.05) is 0 Å². The van der Waals surface area contributed by atoms with Gasteiger partial charge in [0.2, 0.25) is 0 Å². The molecule has 0 aromatic heterocycles. The van der Waals surface area contributed by atoms with Gasteiger partial charge in [-0.05, 0) is 25.1 Å². The highest BCUT2D eigenvalue weighted by Gasteiger charge is 2.15. The quantitative estimate of drug-likeness (QED) is 0.739. The first-order valence-corrected chi connectivity index (χ1v) is 5.99. The maximum absolute atomic E-state index is 11.6. The van der Waals surface area contributed by atoms with Crippen molar-refractivity contribution in [3.05, 3.63) is 29.3 Å². The highest BCUT2D eigenvalue weighted by atomic mass is 16.5. The van der Waals surface area contributed by atoms with Crippen LogP contribution in [-0.4, -0.2) is 46.0 Å². The second-order valence-electron chi connectivity index (χ2n) is 4.11. The molecule has 0 N–H and O–H groups in total. The van der Waals surface area contributed by atoms with Gasteiger partial charge in [-0.3, -0.25) is 0 Å². The summed E-state index contributed by atoms with van der Waals surface area (Å²) in [6, 6.07) is 4.40. The van der Waals surface area contributed by atoms with E-state index in [-0.39, 0.29) is 17.2 Å². The molecule has 0 aliphatic heterocycles. The number of esters is 2. The van der Waals surface area contributed by atoms with Crippen LogP contribution in [0, 0.1) is 0 Å². The molecular formula is C14H18O6. The van der Waals surface area contributed by atoms with Gasteiger partial charge in [-0.2, -0.15) is 0 Å². The average Bonchev–Trinajstić information content (AvgIpc) is 2.45. The van der Waals surface area contributed by atoms with Gasteiger partial charge in [0, 0.05) is 7.11 Å². The molecule has 6 nitrogen and oxygen atoms in total. The zero-order valence-corrected chi connectivity index (χ0v) is 12.0. The molecule has 110 valence electrons. The summed E-state index contributed by atoms with van der Waals surface area (Å²) in [6.45, 7) is 2.20. The van der Waals surface area contributed by atoms with Gasteiger partial charge < -0.3 is 18.9 Å². The number of carbonyl (C=O) groups excluding carboxylic acids is 2. The molecule has 0 radical (unpaired) electrons. The second-order valence-corrected chi connectivity index (χ2v) is 4.11. The van der Waals surface area contributed by atoms with Crippen molar-refractivity contribution in [3.63, 3.8) is 0 Å². The molecule has 0 aliphatic carbocycles. The van der Waals surface area contributed by atoms with Crippen molar-refractivity contribution >= 4 is 11.9 Å². The lowest BCUT2D eigenvalue weighted by molar-refractivity contribution is 0.0595. The van der Waals surface area contributed by atoms with Gasteiger partial charge in [0.1, 0.15) is 11.9 Å².